The van der Waals surface area contributed by atoms with E-state index in [0.717, 1.165) is 12.8 Å². The van der Waals surface area contributed by atoms with E-state index in [0.29, 0.717) is 24.4 Å². The lowest BCUT2D eigenvalue weighted by molar-refractivity contribution is -0.135. The van der Waals surface area contributed by atoms with Crippen LogP contribution >= 0.6 is 0 Å². The number of hydrogen-bond donors (Lipinski definition) is 0. The van der Waals surface area contributed by atoms with Crippen LogP contribution < -0.4 is 0 Å². The predicted octanol–water partition coefficient (Wildman–Crippen LogP) is 2.74. The van der Waals surface area contributed by atoms with E-state index in [9.17, 15) is 4.79 Å². The summed E-state index contributed by atoms with van der Waals surface area (Å²) in [7, 11) is 0. The number of fused-ring (bicyclic) bond motifs is 2. The normalized spacial score (nSPS) is 29.7. The van der Waals surface area contributed by atoms with Gasteiger partial charge in [-0.25, -0.2) is 0 Å². The fourth-order valence-corrected chi connectivity index (χ4v) is 2.66. The summed E-state index contributed by atoms with van der Waals surface area (Å²) in [5.41, 5.74) is 0.109. The van der Waals surface area contributed by atoms with Crippen molar-refractivity contribution in [3.8, 4) is 0 Å². The average Bonchev–Trinajstić information content (AvgIpc) is 2.34. The minimum atomic E-state index is 0.109. The van der Waals surface area contributed by atoms with Crippen molar-refractivity contribution >= 4 is 5.91 Å². The third-order valence-corrected chi connectivity index (χ3v) is 3.28. The molecule has 15 heavy (non-hydrogen) atoms. The first-order valence-corrected chi connectivity index (χ1v) is 5.95. The van der Waals surface area contributed by atoms with Gasteiger partial charge in [0, 0.05) is 12.5 Å². The molecule has 1 fully saturated rings. The Morgan fingerprint density at radius 3 is 2.73 bits per heavy atom. The van der Waals surface area contributed by atoms with Gasteiger partial charge in [0.25, 0.3) is 0 Å². The molecule has 0 saturated carbocycles. The maximum absolute atomic E-state index is 12.2. The Hall–Kier alpha value is -0.790. The van der Waals surface area contributed by atoms with Crippen LogP contribution in [0.25, 0.3) is 0 Å². The Balaban J connectivity index is 2.05. The molecule has 2 bridgehead atoms. The molecule has 2 aliphatic heterocycles. The highest BCUT2D eigenvalue weighted by Crippen LogP contribution is 2.33. The second kappa shape index (κ2) is 3.66. The molecule has 2 heteroatoms. The average molecular weight is 207 g/mol. The van der Waals surface area contributed by atoms with Crippen molar-refractivity contribution in [1.82, 2.24) is 4.90 Å². The number of nitrogens with zero attached hydrogens (tertiary/aromatic N) is 1. The Morgan fingerprint density at radius 2 is 2.13 bits per heavy atom. The van der Waals surface area contributed by atoms with Crippen molar-refractivity contribution in [3.63, 3.8) is 0 Å². The van der Waals surface area contributed by atoms with E-state index in [1.807, 2.05) is 0 Å². The van der Waals surface area contributed by atoms with Crippen LogP contribution in [0.3, 0.4) is 0 Å². The fourth-order valence-electron chi connectivity index (χ4n) is 2.66. The quantitative estimate of drug-likeness (QED) is 0.605. The first kappa shape index (κ1) is 10.7. The number of amides is 1. The largest absolute Gasteiger partial charge is 0.333 e. The van der Waals surface area contributed by atoms with E-state index in [2.05, 4.69) is 37.8 Å². The van der Waals surface area contributed by atoms with Gasteiger partial charge in [-0.15, -0.1) is 0 Å². The van der Waals surface area contributed by atoms with Crippen LogP contribution in [-0.4, -0.2) is 22.9 Å². The van der Waals surface area contributed by atoms with E-state index in [1.165, 1.54) is 6.42 Å². The summed E-state index contributed by atoms with van der Waals surface area (Å²) in [5.74, 6) is 0.347. The van der Waals surface area contributed by atoms with Gasteiger partial charge in [0.05, 0.1) is 6.04 Å². The smallest absolute Gasteiger partial charge is 0.223 e. The molecule has 0 aliphatic carbocycles. The molecule has 2 rings (SSSR count). The highest BCUT2D eigenvalue weighted by atomic mass is 16.2. The Bertz CT molecular complexity index is 287. The topological polar surface area (TPSA) is 20.3 Å². The molecule has 84 valence electrons. The minimum Gasteiger partial charge on any atom is -0.333 e. The standard InChI is InChI=1S/C13H21NO/c1-13(2,3)9-12(15)14-10-5-4-6-11(14)8-7-10/h4-5,10-11H,6-9H2,1-3H3. The summed E-state index contributed by atoms with van der Waals surface area (Å²) in [6.07, 6.45) is 8.54. The molecular weight excluding hydrogens is 186 g/mol. The Morgan fingerprint density at radius 1 is 1.40 bits per heavy atom. The fraction of sp³-hybridized carbons (Fsp3) is 0.769. The van der Waals surface area contributed by atoms with Crippen LogP contribution in [0.2, 0.25) is 0 Å². The van der Waals surface area contributed by atoms with Gasteiger partial charge in [0.1, 0.15) is 0 Å². The lowest BCUT2D eigenvalue weighted by Gasteiger charge is -2.33. The van der Waals surface area contributed by atoms with Crippen molar-refractivity contribution in [2.45, 2.75) is 58.5 Å². The first-order chi connectivity index (χ1) is 6.97. The van der Waals surface area contributed by atoms with Crippen molar-refractivity contribution in [2.24, 2.45) is 5.41 Å². The lowest BCUT2D eigenvalue weighted by atomic mass is 9.91. The van der Waals surface area contributed by atoms with E-state index in [4.69, 9.17) is 0 Å². The molecular formula is C13H21NO. The van der Waals surface area contributed by atoms with Crippen molar-refractivity contribution in [2.75, 3.05) is 0 Å². The van der Waals surface area contributed by atoms with Crippen molar-refractivity contribution in [1.29, 1.82) is 0 Å². The van der Waals surface area contributed by atoms with E-state index >= 15 is 0 Å². The van der Waals surface area contributed by atoms with E-state index in [-0.39, 0.29) is 5.41 Å². The molecule has 0 aromatic heterocycles. The molecule has 1 saturated heterocycles. The van der Waals surface area contributed by atoms with Crippen LogP contribution in [-0.2, 0) is 4.79 Å². The number of carbonyl (C=O) groups is 1. The molecule has 0 spiro atoms. The molecule has 1 amide bonds. The highest BCUT2D eigenvalue weighted by molar-refractivity contribution is 5.78. The highest BCUT2D eigenvalue weighted by Gasteiger charge is 2.37. The minimum absolute atomic E-state index is 0.109. The molecule has 2 aliphatic rings. The van der Waals surface area contributed by atoms with Gasteiger partial charge in [-0.2, -0.15) is 0 Å². The van der Waals surface area contributed by atoms with Gasteiger partial charge in [0.15, 0.2) is 0 Å². The van der Waals surface area contributed by atoms with Gasteiger partial charge < -0.3 is 4.90 Å². The zero-order valence-electron chi connectivity index (χ0n) is 9.99. The van der Waals surface area contributed by atoms with Gasteiger partial charge in [0.2, 0.25) is 5.91 Å². The SMILES string of the molecule is CC(C)(C)CC(=O)N1C2C=CCC1CC2. The van der Waals surface area contributed by atoms with Crippen LogP contribution in [0.15, 0.2) is 12.2 Å². The summed E-state index contributed by atoms with van der Waals surface area (Å²) < 4.78 is 0. The molecule has 2 nitrogen and oxygen atoms in total. The second-order valence-corrected chi connectivity index (χ2v) is 6.00. The molecule has 2 atom stereocenters. The van der Waals surface area contributed by atoms with Gasteiger partial charge in [-0.1, -0.05) is 32.9 Å². The van der Waals surface area contributed by atoms with Crippen LogP contribution in [0, 0.1) is 5.41 Å². The van der Waals surface area contributed by atoms with Gasteiger partial charge in [-0.3, -0.25) is 4.79 Å². The van der Waals surface area contributed by atoms with Crippen LogP contribution in [0.4, 0.5) is 0 Å². The monoisotopic (exact) mass is 207 g/mol. The maximum Gasteiger partial charge on any atom is 0.223 e. The number of rotatable bonds is 1. The summed E-state index contributed by atoms with van der Waals surface area (Å²) in [5, 5.41) is 0. The number of hydrogen-bond acceptors (Lipinski definition) is 1. The Labute approximate surface area is 92.3 Å². The maximum atomic E-state index is 12.2. The van der Waals surface area contributed by atoms with E-state index in [1.54, 1.807) is 0 Å². The third-order valence-electron chi connectivity index (χ3n) is 3.28. The molecule has 2 unspecified atom stereocenters. The number of carbonyl (C=O) groups excluding carboxylic acids is 1. The molecule has 0 N–H and O–H groups in total. The molecule has 0 aromatic carbocycles. The zero-order chi connectivity index (χ0) is 11.1. The predicted molar refractivity (Wildman–Crippen MR) is 61.5 cm³/mol. The van der Waals surface area contributed by atoms with E-state index < -0.39 is 0 Å². The summed E-state index contributed by atoms with van der Waals surface area (Å²) in [6, 6.07) is 0.897. The lowest BCUT2D eigenvalue weighted by Crippen LogP contribution is -2.43. The van der Waals surface area contributed by atoms with Crippen molar-refractivity contribution < 1.29 is 4.79 Å². The second-order valence-electron chi connectivity index (χ2n) is 6.00. The first-order valence-electron chi connectivity index (χ1n) is 5.95. The third kappa shape index (κ3) is 2.24. The summed E-state index contributed by atoms with van der Waals surface area (Å²) in [6.45, 7) is 6.39. The zero-order valence-corrected chi connectivity index (χ0v) is 9.99. The summed E-state index contributed by atoms with van der Waals surface area (Å²) >= 11 is 0. The van der Waals surface area contributed by atoms with Crippen LogP contribution in [0.1, 0.15) is 46.5 Å². The van der Waals surface area contributed by atoms with Crippen molar-refractivity contribution in [3.05, 3.63) is 12.2 Å². The Kier molecular flexibility index (Phi) is 2.61. The molecule has 0 aromatic rings. The molecule has 0 radical (unpaired) electrons. The molecule has 2 heterocycles. The van der Waals surface area contributed by atoms with Crippen LogP contribution in [0.5, 0.6) is 0 Å². The van der Waals surface area contributed by atoms with Gasteiger partial charge >= 0.3 is 0 Å². The van der Waals surface area contributed by atoms with Gasteiger partial charge in [-0.05, 0) is 24.7 Å². The summed E-state index contributed by atoms with van der Waals surface area (Å²) in [4.78, 5) is 14.3.